The fraction of sp³-hybridized carbons (Fsp3) is 0.417. The van der Waals surface area contributed by atoms with Crippen LogP contribution in [0.25, 0.3) is 10.8 Å². The van der Waals surface area contributed by atoms with Crippen molar-refractivity contribution in [3.05, 3.63) is 23.6 Å². The predicted molar refractivity (Wildman–Crippen MR) is 72.0 cm³/mol. The van der Waals surface area contributed by atoms with E-state index >= 15 is 0 Å². The maximum atomic E-state index is 6.06. The fourth-order valence-electron chi connectivity index (χ4n) is 2.31. The van der Waals surface area contributed by atoms with Crippen LogP contribution >= 0.6 is 11.6 Å². The van der Waals surface area contributed by atoms with E-state index in [-0.39, 0.29) is 0 Å². The highest BCUT2D eigenvalue weighted by atomic mass is 35.5. The summed E-state index contributed by atoms with van der Waals surface area (Å²) in [5, 5.41) is 14.0. The first kappa shape index (κ1) is 11.6. The standard InChI is InChI=1S/C12H14ClN5/c1-8-7-18(5-4-15-8)12-10-6-14-3-2-9(10)11(13)16-17-12/h2-3,6,8,15H,4-5,7H2,1H3/t8-/m0/s1. The maximum absolute atomic E-state index is 6.06. The number of nitrogens with one attached hydrogen (secondary N) is 1. The highest BCUT2D eigenvalue weighted by Crippen LogP contribution is 2.27. The molecule has 0 radical (unpaired) electrons. The van der Waals surface area contributed by atoms with Gasteiger partial charge in [0.25, 0.3) is 0 Å². The summed E-state index contributed by atoms with van der Waals surface area (Å²) < 4.78 is 0. The quantitative estimate of drug-likeness (QED) is 0.845. The second-order valence-corrected chi connectivity index (χ2v) is 4.89. The molecule has 1 fully saturated rings. The third-order valence-corrected chi connectivity index (χ3v) is 3.46. The van der Waals surface area contributed by atoms with E-state index in [1.165, 1.54) is 0 Å². The topological polar surface area (TPSA) is 53.9 Å². The first-order valence-electron chi connectivity index (χ1n) is 6.00. The molecule has 18 heavy (non-hydrogen) atoms. The first-order chi connectivity index (χ1) is 8.75. The summed E-state index contributed by atoms with van der Waals surface area (Å²) in [5.74, 6) is 0.871. The molecule has 1 atom stereocenters. The zero-order chi connectivity index (χ0) is 12.5. The number of rotatable bonds is 1. The second kappa shape index (κ2) is 4.66. The molecular formula is C12H14ClN5. The Labute approximate surface area is 110 Å². The average Bonchev–Trinajstić information content (AvgIpc) is 2.39. The lowest BCUT2D eigenvalue weighted by Crippen LogP contribution is -2.49. The number of hydrogen-bond donors (Lipinski definition) is 1. The third kappa shape index (κ3) is 2.00. The Morgan fingerprint density at radius 3 is 3.11 bits per heavy atom. The van der Waals surface area contributed by atoms with E-state index in [1.54, 1.807) is 12.4 Å². The number of piperazine rings is 1. The summed E-state index contributed by atoms with van der Waals surface area (Å²) in [7, 11) is 0. The lowest BCUT2D eigenvalue weighted by molar-refractivity contribution is 0.482. The molecule has 2 aromatic rings. The SMILES string of the molecule is C[C@H]1CN(c2nnc(Cl)c3ccncc23)CCN1. The number of pyridine rings is 1. The third-order valence-electron chi connectivity index (χ3n) is 3.19. The smallest absolute Gasteiger partial charge is 0.160 e. The van der Waals surface area contributed by atoms with Gasteiger partial charge in [0.15, 0.2) is 11.0 Å². The van der Waals surface area contributed by atoms with E-state index in [9.17, 15) is 0 Å². The molecule has 1 aliphatic heterocycles. The van der Waals surface area contributed by atoms with Gasteiger partial charge < -0.3 is 10.2 Å². The first-order valence-corrected chi connectivity index (χ1v) is 6.38. The summed E-state index contributed by atoms with van der Waals surface area (Å²) in [6.07, 6.45) is 3.53. The number of halogens is 1. The largest absolute Gasteiger partial charge is 0.352 e. The molecule has 0 spiro atoms. The molecule has 2 aromatic heterocycles. The number of aromatic nitrogens is 3. The molecule has 0 aliphatic carbocycles. The molecule has 0 bridgehead atoms. The maximum Gasteiger partial charge on any atom is 0.160 e. The van der Waals surface area contributed by atoms with Gasteiger partial charge in [0.2, 0.25) is 0 Å². The predicted octanol–water partition coefficient (Wildman–Crippen LogP) is 1.48. The zero-order valence-electron chi connectivity index (χ0n) is 10.1. The van der Waals surface area contributed by atoms with Gasteiger partial charge in [-0.1, -0.05) is 11.6 Å². The van der Waals surface area contributed by atoms with Crippen molar-refractivity contribution in [1.82, 2.24) is 20.5 Å². The van der Waals surface area contributed by atoms with Crippen LogP contribution in [0.5, 0.6) is 0 Å². The van der Waals surface area contributed by atoms with Crippen molar-refractivity contribution in [3.63, 3.8) is 0 Å². The van der Waals surface area contributed by atoms with Crippen molar-refractivity contribution in [2.45, 2.75) is 13.0 Å². The number of anilines is 1. The molecule has 0 unspecified atom stereocenters. The van der Waals surface area contributed by atoms with Gasteiger partial charge >= 0.3 is 0 Å². The Hall–Kier alpha value is -1.46. The lowest BCUT2D eigenvalue weighted by atomic mass is 10.2. The molecule has 1 saturated heterocycles. The zero-order valence-corrected chi connectivity index (χ0v) is 10.9. The van der Waals surface area contributed by atoms with Crippen molar-refractivity contribution < 1.29 is 0 Å². The Balaban J connectivity index is 2.09. The summed E-state index contributed by atoms with van der Waals surface area (Å²) in [6, 6.07) is 2.32. The molecule has 0 amide bonds. The normalized spacial score (nSPS) is 20.3. The molecule has 1 aliphatic rings. The van der Waals surface area contributed by atoms with Crippen LogP contribution in [0.1, 0.15) is 6.92 Å². The van der Waals surface area contributed by atoms with Gasteiger partial charge in [-0.25, -0.2) is 0 Å². The fourth-order valence-corrected chi connectivity index (χ4v) is 2.51. The van der Waals surface area contributed by atoms with E-state index in [0.29, 0.717) is 11.2 Å². The monoisotopic (exact) mass is 263 g/mol. The van der Waals surface area contributed by atoms with Crippen LogP contribution in [0.2, 0.25) is 5.15 Å². The van der Waals surface area contributed by atoms with Crippen LogP contribution < -0.4 is 10.2 Å². The van der Waals surface area contributed by atoms with Gasteiger partial charge in [-0.05, 0) is 13.0 Å². The van der Waals surface area contributed by atoms with E-state index < -0.39 is 0 Å². The lowest BCUT2D eigenvalue weighted by Gasteiger charge is -2.32. The van der Waals surface area contributed by atoms with Crippen molar-refractivity contribution >= 4 is 28.2 Å². The van der Waals surface area contributed by atoms with Crippen LogP contribution in [0.3, 0.4) is 0 Å². The molecule has 1 N–H and O–H groups in total. The number of nitrogens with zero attached hydrogens (tertiary/aromatic N) is 4. The molecule has 0 aromatic carbocycles. The van der Waals surface area contributed by atoms with Gasteiger partial charge in [0, 0.05) is 48.8 Å². The van der Waals surface area contributed by atoms with Crippen molar-refractivity contribution in [2.75, 3.05) is 24.5 Å². The minimum atomic E-state index is 0.430. The molecule has 3 rings (SSSR count). The molecular weight excluding hydrogens is 250 g/mol. The summed E-state index contributed by atoms with van der Waals surface area (Å²) in [6.45, 7) is 4.95. The molecule has 0 saturated carbocycles. The van der Waals surface area contributed by atoms with Gasteiger partial charge in [0.05, 0.1) is 0 Å². The van der Waals surface area contributed by atoms with E-state index in [1.807, 2.05) is 6.07 Å². The Bertz CT molecular complexity index is 573. The Morgan fingerprint density at radius 2 is 2.28 bits per heavy atom. The van der Waals surface area contributed by atoms with Gasteiger partial charge in [0.1, 0.15) is 0 Å². The van der Waals surface area contributed by atoms with Crippen LogP contribution in [0.4, 0.5) is 5.82 Å². The minimum Gasteiger partial charge on any atom is -0.352 e. The highest BCUT2D eigenvalue weighted by molar-refractivity contribution is 6.34. The van der Waals surface area contributed by atoms with Crippen LogP contribution in [0.15, 0.2) is 18.5 Å². The molecule has 5 nitrogen and oxygen atoms in total. The van der Waals surface area contributed by atoms with Crippen LogP contribution in [0, 0.1) is 0 Å². The molecule has 94 valence electrons. The minimum absolute atomic E-state index is 0.430. The summed E-state index contributed by atoms with van der Waals surface area (Å²) in [5.41, 5.74) is 0. The number of fused-ring (bicyclic) bond motifs is 1. The number of hydrogen-bond acceptors (Lipinski definition) is 5. The Kier molecular flexibility index (Phi) is 3.01. The average molecular weight is 264 g/mol. The molecule has 6 heteroatoms. The van der Waals surface area contributed by atoms with Gasteiger partial charge in [-0.15, -0.1) is 10.2 Å². The summed E-state index contributed by atoms with van der Waals surface area (Å²) in [4.78, 5) is 6.39. The van der Waals surface area contributed by atoms with Crippen molar-refractivity contribution in [2.24, 2.45) is 0 Å². The van der Waals surface area contributed by atoms with E-state index in [0.717, 1.165) is 36.2 Å². The van der Waals surface area contributed by atoms with Gasteiger partial charge in [-0.2, -0.15) is 0 Å². The van der Waals surface area contributed by atoms with Crippen LogP contribution in [-0.4, -0.2) is 40.9 Å². The van der Waals surface area contributed by atoms with E-state index in [4.69, 9.17) is 11.6 Å². The van der Waals surface area contributed by atoms with Gasteiger partial charge in [-0.3, -0.25) is 4.98 Å². The second-order valence-electron chi connectivity index (χ2n) is 4.54. The highest BCUT2D eigenvalue weighted by Gasteiger charge is 2.20. The summed E-state index contributed by atoms with van der Waals surface area (Å²) >= 11 is 6.06. The van der Waals surface area contributed by atoms with Crippen LogP contribution in [-0.2, 0) is 0 Å². The molecule has 3 heterocycles. The Morgan fingerprint density at radius 1 is 1.39 bits per heavy atom. The van der Waals surface area contributed by atoms with Crippen molar-refractivity contribution in [1.29, 1.82) is 0 Å². The van der Waals surface area contributed by atoms with E-state index in [2.05, 4.69) is 32.3 Å². The van der Waals surface area contributed by atoms with Crippen molar-refractivity contribution in [3.8, 4) is 0 Å².